The Bertz CT molecular complexity index is 1130. The highest BCUT2D eigenvalue weighted by Gasteiger charge is 2.21. The van der Waals surface area contributed by atoms with Gasteiger partial charge in [-0.1, -0.05) is 36.7 Å². The first-order valence-electron chi connectivity index (χ1n) is 9.99. The molecule has 0 aliphatic heterocycles. The Hall–Kier alpha value is -3.32. The number of nitrogens with zero attached hydrogens (tertiary/aromatic N) is 2. The van der Waals surface area contributed by atoms with Gasteiger partial charge in [-0.15, -0.1) is 5.10 Å². The van der Waals surface area contributed by atoms with Crippen LogP contribution in [0.1, 0.15) is 25.8 Å². The molecule has 3 rings (SSSR count). The van der Waals surface area contributed by atoms with Gasteiger partial charge < -0.3 is 14.8 Å². The lowest BCUT2D eigenvalue weighted by Gasteiger charge is -2.18. The summed E-state index contributed by atoms with van der Waals surface area (Å²) in [5, 5.41) is 7.61. The number of anilines is 1. The monoisotopic (exact) mass is 441 g/mol. The van der Waals surface area contributed by atoms with Crippen molar-refractivity contribution in [2.75, 3.05) is 11.9 Å². The number of hydrogen-bond acceptors (Lipinski definition) is 5. The lowest BCUT2D eigenvalue weighted by atomic mass is 10.2. The van der Waals surface area contributed by atoms with Crippen molar-refractivity contribution in [1.29, 1.82) is 0 Å². The molecule has 2 aromatic carbocycles. The maximum atomic E-state index is 12.8. The van der Waals surface area contributed by atoms with E-state index in [0.717, 1.165) is 5.56 Å². The van der Waals surface area contributed by atoms with Crippen molar-refractivity contribution in [3.8, 4) is 17.3 Å². The molecular weight excluding hydrogens is 418 g/mol. The van der Waals surface area contributed by atoms with E-state index >= 15 is 0 Å². The summed E-state index contributed by atoms with van der Waals surface area (Å²) in [7, 11) is 0. The second kappa shape index (κ2) is 10.1. The average Bonchev–Trinajstić information content (AvgIpc) is 2.76. The number of benzene rings is 2. The Morgan fingerprint density at radius 2 is 1.94 bits per heavy atom. The van der Waals surface area contributed by atoms with Crippen LogP contribution in [0.5, 0.6) is 11.6 Å². The first-order chi connectivity index (χ1) is 14.9. The zero-order valence-electron chi connectivity index (χ0n) is 17.6. The number of carbonyl (C=O) groups is 1. The fourth-order valence-corrected chi connectivity index (χ4v) is 3.14. The number of halogens is 1. The van der Waals surface area contributed by atoms with Gasteiger partial charge in [0.15, 0.2) is 6.10 Å². The van der Waals surface area contributed by atoms with Crippen LogP contribution in [-0.4, -0.2) is 28.4 Å². The van der Waals surface area contributed by atoms with Crippen LogP contribution in [0.3, 0.4) is 0 Å². The van der Waals surface area contributed by atoms with Crippen molar-refractivity contribution in [3.63, 3.8) is 0 Å². The van der Waals surface area contributed by atoms with Crippen LogP contribution in [0.25, 0.3) is 5.69 Å². The van der Waals surface area contributed by atoms with E-state index in [1.54, 1.807) is 30.3 Å². The Labute approximate surface area is 185 Å². The number of ether oxygens (including phenoxy) is 2. The van der Waals surface area contributed by atoms with Crippen molar-refractivity contribution in [3.05, 3.63) is 75.5 Å². The first kappa shape index (κ1) is 22.4. The molecule has 7 nitrogen and oxygen atoms in total. The van der Waals surface area contributed by atoms with Gasteiger partial charge in [-0.25, -0.2) is 0 Å². The lowest BCUT2D eigenvalue weighted by molar-refractivity contribution is -0.123. The maximum absolute atomic E-state index is 12.8. The van der Waals surface area contributed by atoms with Crippen LogP contribution in [0.4, 0.5) is 5.69 Å². The minimum Gasteiger partial charge on any atom is -0.492 e. The maximum Gasteiger partial charge on any atom is 0.271 e. The van der Waals surface area contributed by atoms with Gasteiger partial charge >= 0.3 is 0 Å². The Morgan fingerprint density at radius 3 is 2.68 bits per heavy atom. The molecule has 0 unspecified atom stereocenters. The summed E-state index contributed by atoms with van der Waals surface area (Å²) in [5.74, 6) is 0.392. The summed E-state index contributed by atoms with van der Waals surface area (Å²) < 4.78 is 12.6. The molecule has 3 aromatic rings. The smallest absolute Gasteiger partial charge is 0.271 e. The second-order valence-electron chi connectivity index (χ2n) is 6.79. The zero-order chi connectivity index (χ0) is 22.4. The standard InChI is InChI=1S/C23H24ClN3O4/c1-4-19(23(29)25-17-8-6-7-9-20(17)30-5-2)31-21-12-13-22(28)27(26-21)18-14-16(24)11-10-15(18)3/h6-14,19H,4-5H2,1-3H3,(H,25,29)/t19-/m1/s1. The molecule has 1 heterocycles. The summed E-state index contributed by atoms with van der Waals surface area (Å²) in [6.45, 7) is 6.04. The van der Waals surface area contributed by atoms with Crippen LogP contribution in [-0.2, 0) is 4.79 Å². The van der Waals surface area contributed by atoms with E-state index in [-0.39, 0.29) is 17.3 Å². The molecule has 0 saturated carbocycles. The number of carbonyl (C=O) groups excluding carboxylic acids is 1. The van der Waals surface area contributed by atoms with E-state index in [1.807, 2.05) is 32.9 Å². The number of amides is 1. The van der Waals surface area contributed by atoms with Crippen molar-refractivity contribution < 1.29 is 14.3 Å². The van der Waals surface area contributed by atoms with Gasteiger partial charge in [0.1, 0.15) is 5.75 Å². The van der Waals surface area contributed by atoms with Gasteiger partial charge in [0.05, 0.1) is 18.0 Å². The molecule has 0 radical (unpaired) electrons. The largest absolute Gasteiger partial charge is 0.492 e. The summed E-state index contributed by atoms with van der Waals surface area (Å²) in [5.41, 5.74) is 1.60. The number of rotatable bonds is 8. The quantitative estimate of drug-likeness (QED) is 0.560. The van der Waals surface area contributed by atoms with Gasteiger partial charge in [0.25, 0.3) is 11.5 Å². The minimum absolute atomic E-state index is 0.152. The molecule has 0 aliphatic carbocycles. The fourth-order valence-electron chi connectivity index (χ4n) is 2.97. The van der Waals surface area contributed by atoms with Crippen molar-refractivity contribution >= 4 is 23.2 Å². The normalized spacial score (nSPS) is 11.6. The molecule has 162 valence electrons. The number of aryl methyl sites for hydroxylation is 1. The summed E-state index contributed by atoms with van der Waals surface area (Å²) >= 11 is 6.08. The molecule has 0 spiro atoms. The van der Waals surface area contributed by atoms with Crippen molar-refractivity contribution in [2.45, 2.75) is 33.3 Å². The third-order valence-corrected chi connectivity index (χ3v) is 4.78. The molecule has 0 saturated heterocycles. The first-order valence-corrected chi connectivity index (χ1v) is 10.4. The molecule has 0 fully saturated rings. The summed E-state index contributed by atoms with van der Waals surface area (Å²) in [4.78, 5) is 25.2. The Morgan fingerprint density at radius 1 is 1.16 bits per heavy atom. The topological polar surface area (TPSA) is 82.5 Å². The molecule has 8 heteroatoms. The van der Waals surface area contributed by atoms with E-state index in [9.17, 15) is 9.59 Å². The lowest BCUT2D eigenvalue weighted by Crippen LogP contribution is -2.33. The highest BCUT2D eigenvalue weighted by Crippen LogP contribution is 2.24. The number of aromatic nitrogens is 2. The van der Waals surface area contributed by atoms with Crippen LogP contribution in [0.2, 0.25) is 5.02 Å². The highest BCUT2D eigenvalue weighted by atomic mass is 35.5. The van der Waals surface area contributed by atoms with Crippen molar-refractivity contribution in [1.82, 2.24) is 9.78 Å². The summed E-state index contributed by atoms with van der Waals surface area (Å²) in [6, 6.07) is 15.2. The molecule has 1 atom stereocenters. The van der Waals surface area contributed by atoms with Gasteiger partial charge in [0.2, 0.25) is 5.88 Å². The molecule has 1 amide bonds. The van der Waals surface area contributed by atoms with E-state index < -0.39 is 6.10 Å². The molecule has 0 bridgehead atoms. The number of hydrogen-bond donors (Lipinski definition) is 1. The van der Waals surface area contributed by atoms with E-state index in [1.165, 1.54) is 16.8 Å². The van der Waals surface area contributed by atoms with Crippen LogP contribution < -0.4 is 20.3 Å². The molecular formula is C23H24ClN3O4. The Balaban J connectivity index is 1.83. The predicted octanol–water partition coefficient (Wildman–Crippen LogP) is 4.39. The van der Waals surface area contributed by atoms with Gasteiger partial charge in [-0.2, -0.15) is 4.68 Å². The third kappa shape index (κ3) is 5.44. The Kier molecular flexibility index (Phi) is 7.31. The van der Waals surface area contributed by atoms with E-state index in [2.05, 4.69) is 10.4 Å². The van der Waals surface area contributed by atoms with Crippen LogP contribution in [0, 0.1) is 6.92 Å². The highest BCUT2D eigenvalue weighted by molar-refractivity contribution is 6.30. The van der Waals surface area contributed by atoms with Crippen molar-refractivity contribution in [2.24, 2.45) is 0 Å². The molecule has 0 aliphatic rings. The molecule has 1 aromatic heterocycles. The minimum atomic E-state index is -0.811. The van der Waals surface area contributed by atoms with Gasteiger partial charge in [0, 0.05) is 17.2 Å². The predicted molar refractivity (Wildman–Crippen MR) is 121 cm³/mol. The van der Waals surface area contributed by atoms with Gasteiger partial charge in [-0.3, -0.25) is 9.59 Å². The van der Waals surface area contributed by atoms with Crippen LogP contribution in [0.15, 0.2) is 59.4 Å². The molecule has 1 N–H and O–H groups in total. The SMILES string of the molecule is CCOc1ccccc1NC(=O)[C@@H](CC)Oc1ccc(=O)n(-c2cc(Cl)ccc2C)n1. The average molecular weight is 442 g/mol. The fraction of sp³-hybridized carbons (Fsp3) is 0.261. The number of para-hydroxylation sites is 2. The third-order valence-electron chi connectivity index (χ3n) is 4.55. The molecule has 31 heavy (non-hydrogen) atoms. The summed E-state index contributed by atoms with van der Waals surface area (Å²) in [6.07, 6.45) is -0.409. The second-order valence-corrected chi connectivity index (χ2v) is 7.22. The van der Waals surface area contributed by atoms with E-state index in [0.29, 0.717) is 35.2 Å². The van der Waals surface area contributed by atoms with Crippen LogP contribution >= 0.6 is 11.6 Å². The van der Waals surface area contributed by atoms with Gasteiger partial charge in [-0.05, 0) is 50.1 Å². The zero-order valence-corrected chi connectivity index (χ0v) is 18.3. The van der Waals surface area contributed by atoms with E-state index in [4.69, 9.17) is 21.1 Å². The number of nitrogens with one attached hydrogen (secondary N) is 1.